The van der Waals surface area contributed by atoms with E-state index in [1.54, 1.807) is 0 Å². The molecular formula is C32H33F5N6O6. The number of nitrogens with zero attached hydrogens (tertiary/aromatic N) is 4. The zero-order chi connectivity index (χ0) is 35.0. The van der Waals surface area contributed by atoms with Gasteiger partial charge in [0.2, 0.25) is 0 Å². The third kappa shape index (κ3) is 8.60. The van der Waals surface area contributed by atoms with Crippen LogP contribution in [0.2, 0.25) is 0 Å². The molecule has 2 aromatic carbocycles. The summed E-state index contributed by atoms with van der Waals surface area (Å²) in [5, 5.41) is 21.0. The molecule has 1 unspecified atom stereocenters. The van der Waals surface area contributed by atoms with Crippen molar-refractivity contribution in [2.24, 2.45) is 5.10 Å². The number of hydrogen-bond acceptors (Lipinski definition) is 10. The van der Waals surface area contributed by atoms with Crippen LogP contribution in [0.15, 0.2) is 52.1 Å². The van der Waals surface area contributed by atoms with E-state index in [1.807, 2.05) is 6.92 Å². The number of alkyl halides is 3. The second-order valence-corrected chi connectivity index (χ2v) is 10.7. The van der Waals surface area contributed by atoms with Gasteiger partial charge in [-0.3, -0.25) is 9.80 Å². The molecule has 3 heterocycles. The molecule has 0 bridgehead atoms. The molecule has 3 N–H and O–H groups in total. The van der Waals surface area contributed by atoms with Crippen molar-refractivity contribution in [3.63, 3.8) is 0 Å². The zero-order valence-electron chi connectivity index (χ0n) is 26.2. The van der Waals surface area contributed by atoms with Gasteiger partial charge in [0.15, 0.2) is 23.4 Å². The molecule has 0 spiro atoms. The number of H-pyrrole nitrogens is 1. The summed E-state index contributed by atoms with van der Waals surface area (Å²) >= 11 is 0. The van der Waals surface area contributed by atoms with E-state index in [-0.39, 0.29) is 86.9 Å². The topological polar surface area (TPSA) is 147 Å². The molecule has 0 saturated carbocycles. The summed E-state index contributed by atoms with van der Waals surface area (Å²) in [5.41, 5.74) is -0.878. The van der Waals surface area contributed by atoms with Gasteiger partial charge in [-0.05, 0) is 36.8 Å². The Morgan fingerprint density at radius 1 is 1.08 bits per heavy atom. The van der Waals surface area contributed by atoms with Crippen molar-refractivity contribution >= 4 is 12.1 Å². The van der Waals surface area contributed by atoms with Crippen LogP contribution in [0.25, 0.3) is 22.6 Å². The molecule has 262 valence electrons. The molecule has 1 amide bonds. The molecule has 4 aromatic rings. The van der Waals surface area contributed by atoms with Crippen LogP contribution in [0.3, 0.4) is 0 Å². The number of benzene rings is 2. The Morgan fingerprint density at radius 3 is 2.63 bits per heavy atom. The Bertz CT molecular complexity index is 1760. The van der Waals surface area contributed by atoms with E-state index >= 15 is 0 Å². The lowest BCUT2D eigenvalue weighted by Gasteiger charge is -2.28. The van der Waals surface area contributed by atoms with E-state index in [1.165, 1.54) is 41.6 Å². The number of hydrogen-bond donors (Lipinski definition) is 3. The molecule has 1 aliphatic rings. The Labute approximate surface area is 276 Å². The highest BCUT2D eigenvalue weighted by molar-refractivity contribution is 5.85. The average molecular weight is 693 g/mol. The predicted molar refractivity (Wildman–Crippen MR) is 164 cm³/mol. The maximum Gasteiger partial charge on any atom is 0.417 e. The van der Waals surface area contributed by atoms with Crippen molar-refractivity contribution in [2.75, 3.05) is 46.2 Å². The Balaban J connectivity index is 1.40. The molecule has 0 radical (unpaired) electrons. The van der Waals surface area contributed by atoms with Crippen molar-refractivity contribution in [1.82, 2.24) is 25.5 Å². The van der Waals surface area contributed by atoms with Crippen LogP contribution in [0.5, 0.6) is 5.75 Å². The largest absolute Gasteiger partial charge is 0.494 e. The standard InChI is InChI=1S/C32H33F5N6O6/c1-2-10-48-19-6-7-20(22(15-19)32(35,36)37)24-16-27(49-42-24)29(31(45)38-8-11-46-13-14-47-12-9-44)43-18-26-25(17-39-43)40-30(41-26)21-4-3-5-23(33)28(21)34/h3-7,15-17,29,44H,2,8-14,18H2,1H3,(H,38,45)(H,40,41). The fourth-order valence-electron chi connectivity index (χ4n) is 4.93. The van der Waals surface area contributed by atoms with Gasteiger partial charge in [-0.15, -0.1) is 0 Å². The van der Waals surface area contributed by atoms with Crippen LogP contribution < -0.4 is 10.1 Å². The number of aromatic nitrogens is 3. The highest BCUT2D eigenvalue weighted by Crippen LogP contribution is 2.40. The number of nitrogens with one attached hydrogen (secondary N) is 2. The zero-order valence-corrected chi connectivity index (χ0v) is 26.2. The van der Waals surface area contributed by atoms with Gasteiger partial charge in [0, 0.05) is 18.2 Å². The maximum absolute atomic E-state index is 14.5. The van der Waals surface area contributed by atoms with Gasteiger partial charge in [0.05, 0.1) is 74.9 Å². The second-order valence-electron chi connectivity index (χ2n) is 10.7. The van der Waals surface area contributed by atoms with E-state index in [4.69, 9.17) is 23.8 Å². The number of aliphatic hydroxyl groups excluding tert-OH is 1. The smallest absolute Gasteiger partial charge is 0.417 e. The lowest BCUT2D eigenvalue weighted by molar-refractivity contribution is -0.137. The first-order chi connectivity index (χ1) is 23.6. The number of halogens is 5. The molecule has 1 atom stereocenters. The fourth-order valence-corrected chi connectivity index (χ4v) is 4.93. The van der Waals surface area contributed by atoms with Gasteiger partial charge in [0.25, 0.3) is 5.91 Å². The summed E-state index contributed by atoms with van der Waals surface area (Å²) < 4.78 is 92.2. The van der Waals surface area contributed by atoms with Crippen molar-refractivity contribution in [2.45, 2.75) is 32.1 Å². The third-order valence-electron chi connectivity index (χ3n) is 7.21. The number of aromatic amines is 1. The number of hydrazone groups is 1. The molecule has 5 rings (SSSR count). The van der Waals surface area contributed by atoms with Crippen molar-refractivity contribution in [1.29, 1.82) is 0 Å². The monoisotopic (exact) mass is 692 g/mol. The highest BCUT2D eigenvalue weighted by atomic mass is 19.4. The van der Waals surface area contributed by atoms with Crippen LogP contribution >= 0.6 is 0 Å². The normalized spacial score (nSPS) is 13.4. The van der Waals surface area contributed by atoms with E-state index in [2.05, 4.69) is 25.5 Å². The number of rotatable bonds is 16. The Hall–Kier alpha value is -4.87. The number of imidazole rings is 1. The van der Waals surface area contributed by atoms with Gasteiger partial charge >= 0.3 is 6.18 Å². The summed E-state index contributed by atoms with van der Waals surface area (Å²) in [4.78, 5) is 20.9. The van der Waals surface area contributed by atoms with Gasteiger partial charge in [-0.25, -0.2) is 13.8 Å². The molecule has 0 aliphatic carbocycles. The molecule has 2 aromatic heterocycles. The fraction of sp³-hybridized carbons (Fsp3) is 0.375. The Kier molecular flexibility index (Phi) is 11.6. The summed E-state index contributed by atoms with van der Waals surface area (Å²) in [6.07, 6.45) is -2.82. The van der Waals surface area contributed by atoms with Crippen LogP contribution in [0.1, 0.15) is 42.1 Å². The molecule has 1 aliphatic heterocycles. The van der Waals surface area contributed by atoms with Crippen LogP contribution in [-0.4, -0.2) is 83.5 Å². The van der Waals surface area contributed by atoms with E-state index in [0.717, 1.165) is 12.1 Å². The van der Waals surface area contributed by atoms with Gasteiger partial charge in [-0.1, -0.05) is 18.1 Å². The van der Waals surface area contributed by atoms with E-state index in [0.29, 0.717) is 17.8 Å². The quantitative estimate of drug-likeness (QED) is 0.111. The number of carbonyl (C=O) groups excluding carboxylic acids is 1. The number of ether oxygens (including phenoxy) is 3. The molecular weight excluding hydrogens is 659 g/mol. The first-order valence-electron chi connectivity index (χ1n) is 15.3. The second kappa shape index (κ2) is 16.0. The average Bonchev–Trinajstić information content (AvgIpc) is 3.73. The van der Waals surface area contributed by atoms with E-state index < -0.39 is 35.3 Å². The molecule has 12 nitrogen and oxygen atoms in total. The molecule has 0 saturated heterocycles. The number of fused-ring (bicyclic) bond motifs is 1. The van der Waals surface area contributed by atoms with Gasteiger partial charge in [0.1, 0.15) is 17.3 Å². The van der Waals surface area contributed by atoms with E-state index in [9.17, 15) is 26.7 Å². The summed E-state index contributed by atoms with van der Waals surface area (Å²) in [6, 6.07) is 7.02. The first kappa shape index (κ1) is 35.4. The molecule has 17 heteroatoms. The minimum absolute atomic E-state index is 0.0319. The van der Waals surface area contributed by atoms with Crippen LogP contribution in [0.4, 0.5) is 22.0 Å². The number of amides is 1. The van der Waals surface area contributed by atoms with Crippen molar-refractivity contribution < 1.29 is 50.6 Å². The summed E-state index contributed by atoms with van der Waals surface area (Å²) in [7, 11) is 0. The highest BCUT2D eigenvalue weighted by Gasteiger charge is 2.37. The molecule has 49 heavy (non-hydrogen) atoms. The summed E-state index contributed by atoms with van der Waals surface area (Å²) in [5.74, 6) is -2.86. The van der Waals surface area contributed by atoms with Crippen molar-refractivity contribution in [3.05, 3.63) is 76.8 Å². The van der Waals surface area contributed by atoms with Crippen LogP contribution in [-0.2, 0) is 27.0 Å². The minimum atomic E-state index is -4.76. The third-order valence-corrected chi connectivity index (χ3v) is 7.21. The lowest BCUT2D eigenvalue weighted by Crippen LogP contribution is -2.40. The first-order valence-corrected chi connectivity index (χ1v) is 15.3. The molecule has 0 fully saturated rings. The van der Waals surface area contributed by atoms with Gasteiger partial charge < -0.3 is 34.1 Å². The predicted octanol–water partition coefficient (Wildman–Crippen LogP) is 4.85. The van der Waals surface area contributed by atoms with Gasteiger partial charge in [-0.2, -0.15) is 18.3 Å². The maximum atomic E-state index is 14.5. The Morgan fingerprint density at radius 2 is 1.88 bits per heavy atom. The SMILES string of the molecule is CCCOc1ccc(-c2cc(C(C(=O)NCCOCCOCCO)N3Cc4nc(-c5cccc(F)c5F)[nH]c4C=N3)on2)c(C(F)(F)F)c1. The number of aliphatic hydroxyl groups is 1. The summed E-state index contributed by atoms with van der Waals surface area (Å²) in [6.45, 7) is 2.56. The minimum Gasteiger partial charge on any atom is -0.494 e. The number of carbonyl (C=O) groups is 1. The van der Waals surface area contributed by atoms with Crippen molar-refractivity contribution in [3.8, 4) is 28.4 Å². The van der Waals surface area contributed by atoms with Crippen LogP contribution in [0, 0.1) is 11.6 Å². The lowest BCUT2D eigenvalue weighted by atomic mass is 10.0.